The Labute approximate surface area is 123 Å². The number of benzene rings is 1. The maximum Gasteiger partial charge on any atom is 0.0825 e. The number of piperazine rings is 1. The third-order valence-electron chi connectivity index (χ3n) is 3.39. The number of rotatable bonds is 4. The van der Waals surface area contributed by atoms with Crippen LogP contribution in [0.3, 0.4) is 0 Å². The highest BCUT2D eigenvalue weighted by Gasteiger charge is 2.20. The number of β-amino-alcohol motifs (C(OH)–C–C–N with tert-alkyl or cyclic N) is 1. The summed E-state index contributed by atoms with van der Waals surface area (Å²) in [6.07, 6.45) is -0.443. The van der Waals surface area contributed by atoms with E-state index in [1.54, 1.807) is 6.07 Å². The summed E-state index contributed by atoms with van der Waals surface area (Å²) in [7, 11) is 0. The van der Waals surface area contributed by atoms with E-state index in [0.29, 0.717) is 23.1 Å². The van der Waals surface area contributed by atoms with Gasteiger partial charge in [0.05, 0.1) is 21.8 Å². The van der Waals surface area contributed by atoms with Crippen LogP contribution < -0.4 is 10.6 Å². The molecular formula is C13H19Cl2N3O. The first-order valence-electron chi connectivity index (χ1n) is 6.41. The minimum Gasteiger partial charge on any atom is -0.390 e. The maximum absolute atomic E-state index is 9.55. The van der Waals surface area contributed by atoms with Crippen LogP contribution in [0.1, 0.15) is 0 Å². The zero-order chi connectivity index (χ0) is 13.8. The molecule has 4 nitrogen and oxygen atoms in total. The molecule has 0 unspecified atom stereocenters. The van der Waals surface area contributed by atoms with Gasteiger partial charge in [-0.1, -0.05) is 29.3 Å². The first-order valence-corrected chi connectivity index (χ1v) is 7.17. The van der Waals surface area contributed by atoms with Crippen molar-refractivity contribution in [2.45, 2.75) is 6.10 Å². The Morgan fingerprint density at radius 1 is 1.21 bits per heavy atom. The molecule has 0 bridgehead atoms. The normalized spacial score (nSPS) is 18.6. The van der Waals surface area contributed by atoms with Crippen LogP contribution in [-0.2, 0) is 0 Å². The fourth-order valence-electron chi connectivity index (χ4n) is 2.28. The average Bonchev–Trinajstić information content (AvgIpc) is 2.43. The number of nitrogens with zero attached hydrogens (tertiary/aromatic N) is 2. The van der Waals surface area contributed by atoms with E-state index in [0.717, 1.165) is 31.9 Å². The molecule has 0 radical (unpaired) electrons. The number of halogens is 2. The van der Waals surface area contributed by atoms with Gasteiger partial charge in [-0.05, 0) is 12.1 Å². The van der Waals surface area contributed by atoms with E-state index in [1.807, 2.05) is 12.1 Å². The lowest BCUT2D eigenvalue weighted by atomic mass is 10.2. The quantitative estimate of drug-likeness (QED) is 0.884. The zero-order valence-electron chi connectivity index (χ0n) is 10.7. The minimum atomic E-state index is -0.443. The largest absolute Gasteiger partial charge is 0.390 e. The Hall–Kier alpha value is -0.520. The molecule has 0 spiro atoms. The highest BCUT2D eigenvalue weighted by molar-refractivity contribution is 6.43. The van der Waals surface area contributed by atoms with E-state index in [9.17, 15) is 5.11 Å². The van der Waals surface area contributed by atoms with Crippen LogP contribution in [0.5, 0.6) is 0 Å². The van der Waals surface area contributed by atoms with Gasteiger partial charge in [-0.25, -0.2) is 0 Å². The Morgan fingerprint density at radius 2 is 1.89 bits per heavy atom. The molecule has 1 heterocycles. The summed E-state index contributed by atoms with van der Waals surface area (Å²) in [5.41, 5.74) is 6.40. The molecule has 0 aliphatic carbocycles. The summed E-state index contributed by atoms with van der Waals surface area (Å²) in [6.45, 7) is 4.46. The van der Waals surface area contributed by atoms with Crippen LogP contribution in [0.4, 0.5) is 5.69 Å². The smallest absolute Gasteiger partial charge is 0.0825 e. The molecule has 0 aromatic heterocycles. The third-order valence-corrected chi connectivity index (χ3v) is 4.19. The van der Waals surface area contributed by atoms with E-state index in [2.05, 4.69) is 9.80 Å². The van der Waals surface area contributed by atoms with E-state index < -0.39 is 6.10 Å². The Morgan fingerprint density at radius 3 is 2.53 bits per heavy atom. The Kier molecular flexibility index (Phi) is 5.30. The Bertz CT molecular complexity index is 422. The monoisotopic (exact) mass is 303 g/mol. The van der Waals surface area contributed by atoms with Crippen LogP contribution in [0, 0.1) is 0 Å². The summed E-state index contributed by atoms with van der Waals surface area (Å²) >= 11 is 12.3. The molecule has 2 rings (SSSR count). The van der Waals surface area contributed by atoms with E-state index in [4.69, 9.17) is 28.9 Å². The average molecular weight is 304 g/mol. The van der Waals surface area contributed by atoms with Crippen molar-refractivity contribution in [3.8, 4) is 0 Å². The number of anilines is 1. The van der Waals surface area contributed by atoms with Crippen molar-refractivity contribution in [1.29, 1.82) is 0 Å². The lowest BCUT2D eigenvalue weighted by Crippen LogP contribution is -2.49. The molecule has 0 saturated carbocycles. The first-order chi connectivity index (χ1) is 9.11. The molecule has 1 aliphatic rings. The van der Waals surface area contributed by atoms with Crippen molar-refractivity contribution >= 4 is 28.9 Å². The summed E-state index contributed by atoms with van der Waals surface area (Å²) in [5, 5.41) is 10.7. The predicted molar refractivity (Wildman–Crippen MR) is 80.2 cm³/mol. The number of hydrogen-bond acceptors (Lipinski definition) is 4. The second kappa shape index (κ2) is 6.77. The molecular weight excluding hydrogens is 285 g/mol. The van der Waals surface area contributed by atoms with Gasteiger partial charge in [-0.2, -0.15) is 0 Å². The minimum absolute atomic E-state index is 0.306. The number of aliphatic hydroxyl groups excluding tert-OH is 1. The molecule has 1 atom stereocenters. The van der Waals surface area contributed by atoms with Gasteiger partial charge in [0.2, 0.25) is 0 Å². The lowest BCUT2D eigenvalue weighted by molar-refractivity contribution is 0.115. The van der Waals surface area contributed by atoms with E-state index >= 15 is 0 Å². The number of hydrogen-bond donors (Lipinski definition) is 2. The van der Waals surface area contributed by atoms with Crippen LogP contribution in [-0.4, -0.2) is 55.4 Å². The predicted octanol–water partition coefficient (Wildman–Crippen LogP) is 1.44. The first kappa shape index (κ1) is 14.9. The van der Waals surface area contributed by atoms with Crippen molar-refractivity contribution in [3.63, 3.8) is 0 Å². The molecule has 1 saturated heterocycles. The Balaban J connectivity index is 1.94. The van der Waals surface area contributed by atoms with Gasteiger partial charge in [-0.3, -0.25) is 4.90 Å². The molecule has 106 valence electrons. The molecule has 3 N–H and O–H groups in total. The zero-order valence-corrected chi connectivity index (χ0v) is 12.2. The fourth-order valence-corrected chi connectivity index (χ4v) is 2.70. The number of aliphatic hydroxyl groups is 1. The summed E-state index contributed by atoms with van der Waals surface area (Å²) in [6, 6.07) is 5.69. The van der Waals surface area contributed by atoms with Crippen molar-refractivity contribution in [3.05, 3.63) is 28.2 Å². The van der Waals surface area contributed by atoms with E-state index in [-0.39, 0.29) is 0 Å². The second-order valence-corrected chi connectivity index (χ2v) is 5.54. The topological polar surface area (TPSA) is 52.7 Å². The molecule has 1 aromatic carbocycles. The summed E-state index contributed by atoms with van der Waals surface area (Å²) < 4.78 is 0. The third kappa shape index (κ3) is 3.74. The maximum atomic E-state index is 9.55. The lowest BCUT2D eigenvalue weighted by Gasteiger charge is -2.37. The highest BCUT2D eigenvalue weighted by atomic mass is 35.5. The van der Waals surface area contributed by atoms with Gasteiger partial charge in [0.15, 0.2) is 0 Å². The van der Waals surface area contributed by atoms with Crippen LogP contribution >= 0.6 is 23.2 Å². The van der Waals surface area contributed by atoms with Gasteiger partial charge in [-0.15, -0.1) is 0 Å². The van der Waals surface area contributed by atoms with Crippen LogP contribution in [0.25, 0.3) is 0 Å². The molecule has 1 aromatic rings. The van der Waals surface area contributed by atoms with Gasteiger partial charge < -0.3 is 15.7 Å². The van der Waals surface area contributed by atoms with Gasteiger partial charge >= 0.3 is 0 Å². The molecule has 6 heteroatoms. The summed E-state index contributed by atoms with van der Waals surface area (Å²) in [4.78, 5) is 4.44. The molecule has 19 heavy (non-hydrogen) atoms. The summed E-state index contributed by atoms with van der Waals surface area (Å²) in [5.74, 6) is 0. The fraction of sp³-hybridized carbons (Fsp3) is 0.538. The van der Waals surface area contributed by atoms with Gasteiger partial charge in [0, 0.05) is 39.3 Å². The van der Waals surface area contributed by atoms with Crippen LogP contribution in [0.2, 0.25) is 10.0 Å². The van der Waals surface area contributed by atoms with Gasteiger partial charge in [0.25, 0.3) is 0 Å². The number of nitrogens with two attached hydrogens (primary N) is 1. The van der Waals surface area contributed by atoms with Crippen molar-refractivity contribution in [1.82, 2.24) is 4.90 Å². The second-order valence-electron chi connectivity index (χ2n) is 4.75. The van der Waals surface area contributed by atoms with Crippen molar-refractivity contribution < 1.29 is 5.11 Å². The van der Waals surface area contributed by atoms with Crippen molar-refractivity contribution in [2.24, 2.45) is 5.73 Å². The van der Waals surface area contributed by atoms with Crippen LogP contribution in [0.15, 0.2) is 18.2 Å². The molecule has 0 amide bonds. The SMILES string of the molecule is NC[C@@H](O)CN1CCN(c2cccc(Cl)c2Cl)CC1. The highest BCUT2D eigenvalue weighted by Crippen LogP contribution is 2.32. The van der Waals surface area contributed by atoms with Crippen molar-refractivity contribution in [2.75, 3.05) is 44.2 Å². The van der Waals surface area contributed by atoms with Gasteiger partial charge in [0.1, 0.15) is 0 Å². The molecule has 1 fully saturated rings. The molecule has 1 aliphatic heterocycles. The van der Waals surface area contributed by atoms with E-state index in [1.165, 1.54) is 0 Å². The standard InChI is InChI=1S/C13H19Cl2N3O/c14-11-2-1-3-12(13(11)15)18-6-4-17(5-7-18)9-10(19)8-16/h1-3,10,19H,4-9,16H2/t10-/m1/s1.